The highest BCUT2D eigenvalue weighted by molar-refractivity contribution is 5.84. The van der Waals surface area contributed by atoms with Gasteiger partial charge in [-0.2, -0.15) is 0 Å². The van der Waals surface area contributed by atoms with Gasteiger partial charge in [-0.3, -0.25) is 4.90 Å². The van der Waals surface area contributed by atoms with E-state index >= 15 is 0 Å². The van der Waals surface area contributed by atoms with Crippen LogP contribution in [0.2, 0.25) is 0 Å². The molecule has 0 aliphatic heterocycles. The van der Waals surface area contributed by atoms with Crippen molar-refractivity contribution >= 4 is 5.97 Å². The molecule has 0 atom stereocenters. The van der Waals surface area contributed by atoms with E-state index in [4.69, 9.17) is 0 Å². The molecule has 2 aliphatic carbocycles. The SMILES string of the molecule is COC(=O)c1ncn(CN(CC2CCCCC2)C2CC2)n1. The largest absolute Gasteiger partial charge is 0.463 e. The number of aromatic nitrogens is 3. The molecule has 1 heterocycles. The molecule has 0 unspecified atom stereocenters. The lowest BCUT2D eigenvalue weighted by molar-refractivity contribution is 0.0585. The maximum atomic E-state index is 11.4. The summed E-state index contributed by atoms with van der Waals surface area (Å²) in [5.74, 6) is 0.493. The predicted molar refractivity (Wildman–Crippen MR) is 77.7 cm³/mol. The van der Waals surface area contributed by atoms with E-state index in [1.54, 1.807) is 11.0 Å². The van der Waals surface area contributed by atoms with Gasteiger partial charge in [-0.05, 0) is 31.6 Å². The van der Waals surface area contributed by atoms with Crippen molar-refractivity contribution in [2.45, 2.75) is 57.7 Å². The minimum absolute atomic E-state index is 0.144. The Kier molecular flexibility index (Phi) is 4.53. The second kappa shape index (κ2) is 6.56. The van der Waals surface area contributed by atoms with Gasteiger partial charge in [0.15, 0.2) is 0 Å². The summed E-state index contributed by atoms with van der Waals surface area (Å²) in [6, 6.07) is 0.692. The molecule has 21 heavy (non-hydrogen) atoms. The smallest absolute Gasteiger partial charge is 0.377 e. The van der Waals surface area contributed by atoms with Crippen LogP contribution < -0.4 is 0 Å². The van der Waals surface area contributed by atoms with Gasteiger partial charge >= 0.3 is 5.97 Å². The third kappa shape index (κ3) is 3.81. The Labute approximate surface area is 125 Å². The van der Waals surface area contributed by atoms with Crippen molar-refractivity contribution in [2.24, 2.45) is 5.92 Å². The van der Waals surface area contributed by atoms with Gasteiger partial charge in [0.05, 0.1) is 13.8 Å². The molecule has 1 aromatic heterocycles. The standard InChI is InChI=1S/C15H24N4O2/c1-21-15(20)14-16-10-19(17-14)11-18(13-7-8-13)9-12-5-3-2-4-6-12/h10,12-13H,2-9,11H2,1H3. The van der Waals surface area contributed by atoms with Crippen LogP contribution in [-0.2, 0) is 11.4 Å². The van der Waals surface area contributed by atoms with Crippen LogP contribution in [-0.4, -0.2) is 45.3 Å². The first-order chi connectivity index (χ1) is 10.3. The number of ether oxygens (including phenoxy) is 1. The van der Waals surface area contributed by atoms with Gasteiger partial charge in [-0.1, -0.05) is 19.3 Å². The molecule has 0 aromatic carbocycles. The molecule has 0 bridgehead atoms. The molecule has 0 amide bonds. The molecule has 0 saturated heterocycles. The van der Waals surface area contributed by atoms with Gasteiger partial charge in [-0.25, -0.2) is 14.5 Å². The molecule has 0 radical (unpaired) electrons. The Bertz CT molecular complexity index is 478. The zero-order chi connectivity index (χ0) is 14.7. The summed E-state index contributed by atoms with van der Waals surface area (Å²) in [5, 5.41) is 4.21. The highest BCUT2D eigenvalue weighted by Gasteiger charge is 2.31. The quantitative estimate of drug-likeness (QED) is 0.751. The Hall–Kier alpha value is -1.43. The fourth-order valence-electron chi connectivity index (χ4n) is 3.20. The van der Waals surface area contributed by atoms with Gasteiger partial charge in [-0.15, -0.1) is 5.10 Å². The first-order valence-electron chi connectivity index (χ1n) is 7.98. The second-order valence-corrected chi connectivity index (χ2v) is 6.25. The Morgan fingerprint density at radius 1 is 1.33 bits per heavy atom. The summed E-state index contributed by atoms with van der Waals surface area (Å²) in [6.45, 7) is 1.88. The fourth-order valence-corrected chi connectivity index (χ4v) is 3.20. The lowest BCUT2D eigenvalue weighted by atomic mass is 9.89. The summed E-state index contributed by atoms with van der Waals surface area (Å²) in [5.41, 5.74) is 0. The summed E-state index contributed by atoms with van der Waals surface area (Å²) < 4.78 is 6.40. The molecule has 116 valence electrons. The molecule has 1 aromatic rings. The van der Waals surface area contributed by atoms with E-state index in [1.807, 2.05) is 0 Å². The van der Waals surface area contributed by atoms with Crippen molar-refractivity contribution in [1.82, 2.24) is 19.7 Å². The molecule has 6 nitrogen and oxygen atoms in total. The van der Waals surface area contributed by atoms with E-state index in [0.29, 0.717) is 6.04 Å². The Balaban J connectivity index is 1.59. The average molecular weight is 292 g/mol. The van der Waals surface area contributed by atoms with E-state index in [1.165, 1.54) is 52.1 Å². The van der Waals surface area contributed by atoms with Crippen molar-refractivity contribution < 1.29 is 9.53 Å². The van der Waals surface area contributed by atoms with Crippen molar-refractivity contribution in [1.29, 1.82) is 0 Å². The molecule has 0 N–H and O–H groups in total. The number of carbonyl (C=O) groups is 1. The van der Waals surface area contributed by atoms with Crippen LogP contribution in [0.15, 0.2) is 6.33 Å². The molecule has 3 rings (SSSR count). The van der Waals surface area contributed by atoms with E-state index in [2.05, 4.69) is 19.7 Å². The molecule has 2 aliphatic rings. The van der Waals surface area contributed by atoms with E-state index in [9.17, 15) is 4.79 Å². The third-order valence-electron chi connectivity index (χ3n) is 4.51. The zero-order valence-corrected chi connectivity index (χ0v) is 12.7. The van der Waals surface area contributed by atoms with Crippen molar-refractivity contribution in [2.75, 3.05) is 13.7 Å². The average Bonchev–Trinajstić information content (AvgIpc) is 3.26. The Morgan fingerprint density at radius 3 is 2.76 bits per heavy atom. The second-order valence-electron chi connectivity index (χ2n) is 6.25. The van der Waals surface area contributed by atoms with Crippen molar-refractivity contribution in [3.05, 3.63) is 12.2 Å². The third-order valence-corrected chi connectivity index (χ3v) is 4.51. The van der Waals surface area contributed by atoms with Crippen molar-refractivity contribution in [3.63, 3.8) is 0 Å². The number of nitrogens with zero attached hydrogens (tertiary/aromatic N) is 4. The number of hydrogen-bond donors (Lipinski definition) is 0. The monoisotopic (exact) mass is 292 g/mol. The van der Waals surface area contributed by atoms with Gasteiger partial charge in [0.25, 0.3) is 5.82 Å². The van der Waals surface area contributed by atoms with Gasteiger partial charge in [0, 0.05) is 12.6 Å². The summed E-state index contributed by atoms with van der Waals surface area (Å²) in [6.07, 6.45) is 11.0. The summed E-state index contributed by atoms with van der Waals surface area (Å²) in [7, 11) is 1.35. The maximum Gasteiger partial charge on any atom is 0.377 e. The lowest BCUT2D eigenvalue weighted by Gasteiger charge is -2.29. The number of methoxy groups -OCH3 is 1. The topological polar surface area (TPSA) is 60.2 Å². The number of hydrogen-bond acceptors (Lipinski definition) is 5. The zero-order valence-electron chi connectivity index (χ0n) is 12.7. The lowest BCUT2D eigenvalue weighted by Crippen LogP contribution is -2.34. The normalized spacial score (nSPS) is 19.9. The molecular formula is C15H24N4O2. The fraction of sp³-hybridized carbons (Fsp3) is 0.800. The van der Waals surface area contributed by atoms with Crippen LogP contribution in [0.1, 0.15) is 55.6 Å². The van der Waals surface area contributed by atoms with Gasteiger partial charge in [0.1, 0.15) is 6.33 Å². The van der Waals surface area contributed by atoms with Crippen LogP contribution in [0, 0.1) is 5.92 Å². The molecule has 2 saturated carbocycles. The van der Waals surface area contributed by atoms with Crippen LogP contribution in [0.4, 0.5) is 0 Å². The van der Waals surface area contributed by atoms with Crippen LogP contribution >= 0.6 is 0 Å². The first kappa shape index (κ1) is 14.5. The van der Waals surface area contributed by atoms with Crippen LogP contribution in [0.3, 0.4) is 0 Å². The predicted octanol–water partition coefficient (Wildman–Crippen LogP) is 2.07. The Morgan fingerprint density at radius 2 is 2.10 bits per heavy atom. The highest BCUT2D eigenvalue weighted by Crippen LogP contribution is 2.31. The number of carbonyl (C=O) groups excluding carboxylic acids is 1. The maximum absolute atomic E-state index is 11.4. The minimum atomic E-state index is -0.473. The molecule has 6 heteroatoms. The van der Waals surface area contributed by atoms with E-state index in [-0.39, 0.29) is 5.82 Å². The van der Waals surface area contributed by atoms with Crippen molar-refractivity contribution in [3.8, 4) is 0 Å². The summed E-state index contributed by atoms with van der Waals surface area (Å²) >= 11 is 0. The van der Waals surface area contributed by atoms with E-state index < -0.39 is 5.97 Å². The van der Waals surface area contributed by atoms with Gasteiger partial charge < -0.3 is 4.74 Å². The minimum Gasteiger partial charge on any atom is -0.463 e. The number of esters is 1. The van der Waals surface area contributed by atoms with Gasteiger partial charge in [0.2, 0.25) is 0 Å². The first-order valence-corrected chi connectivity index (χ1v) is 7.98. The number of rotatable bonds is 6. The van der Waals surface area contributed by atoms with Crippen LogP contribution in [0.5, 0.6) is 0 Å². The highest BCUT2D eigenvalue weighted by atomic mass is 16.5. The molecule has 0 spiro atoms. The molecule has 2 fully saturated rings. The van der Waals surface area contributed by atoms with Crippen LogP contribution in [0.25, 0.3) is 0 Å². The van der Waals surface area contributed by atoms with E-state index in [0.717, 1.165) is 19.1 Å². The molecular weight excluding hydrogens is 268 g/mol. The summed E-state index contributed by atoms with van der Waals surface area (Å²) in [4.78, 5) is 17.9.